The van der Waals surface area contributed by atoms with Crippen molar-refractivity contribution in [1.82, 2.24) is 10.6 Å². The number of aliphatic hydroxyl groups excluding tert-OH is 13. The van der Waals surface area contributed by atoms with E-state index in [0.717, 1.165) is 13.8 Å². The van der Waals surface area contributed by atoms with Crippen molar-refractivity contribution in [3.05, 3.63) is 82.2 Å². The van der Waals surface area contributed by atoms with E-state index in [1.807, 2.05) is 0 Å². The largest absolute Gasteiger partial charge is 0.477 e. The van der Waals surface area contributed by atoms with Crippen LogP contribution in [-0.2, 0) is 57.2 Å². The average molecular weight is 1500 g/mol. The highest BCUT2D eigenvalue weighted by Gasteiger charge is 2.59. The number of hydrogen-bond acceptors (Lipinski definition) is 28. The fourth-order valence-electron chi connectivity index (χ4n) is 14.1. The summed E-state index contributed by atoms with van der Waals surface area (Å²) in [6.07, 6.45) is -37.3. The molecule has 4 fully saturated rings. The van der Waals surface area contributed by atoms with Gasteiger partial charge >= 0.3 is 11.9 Å². The molecule has 4 amide bonds. The fraction of sp³-hybridized carbons (Fsp3) is 0.600. The van der Waals surface area contributed by atoms with E-state index in [-0.39, 0.29) is 55.6 Å². The van der Waals surface area contributed by atoms with Crippen LogP contribution in [0.2, 0.25) is 0 Å². The number of nitrogens with zero attached hydrogens (tertiary/aromatic N) is 5. The predicted octanol–water partition coefficient (Wildman–Crippen LogP) is -2.78. The summed E-state index contributed by atoms with van der Waals surface area (Å²) in [4.78, 5) is 84.8. The maximum absolute atomic E-state index is 14.6. The molecule has 4 aromatic carbocycles. The third-order valence-electron chi connectivity index (χ3n) is 19.3. The molecule has 10 rings (SSSR count). The van der Waals surface area contributed by atoms with Crippen LogP contribution in [0.15, 0.2) is 65.8 Å². The van der Waals surface area contributed by atoms with Crippen molar-refractivity contribution in [2.45, 2.75) is 192 Å². The van der Waals surface area contributed by atoms with Gasteiger partial charge in [0.25, 0.3) is 11.6 Å². The van der Waals surface area contributed by atoms with Crippen LogP contribution in [0.4, 0.5) is 11.4 Å². The lowest BCUT2D eigenvalue weighted by atomic mass is 9.88. The number of benzene rings is 4. The number of halogens is 2. The van der Waals surface area contributed by atoms with E-state index >= 15 is 0 Å². The summed E-state index contributed by atoms with van der Waals surface area (Å²) in [5.74, 6) is -12.9. The molecule has 0 radical (unpaired) electrons. The second-order valence-corrected chi connectivity index (χ2v) is 26.8. The van der Waals surface area contributed by atoms with E-state index in [4.69, 9.17) is 66.6 Å². The number of carbonyl (C=O) groups excluding carboxylic acids is 4. The van der Waals surface area contributed by atoms with Gasteiger partial charge < -0.3 is 135 Å². The van der Waals surface area contributed by atoms with Crippen molar-refractivity contribution in [3.8, 4) is 11.5 Å². The Morgan fingerprint density at radius 1 is 0.612 bits per heavy atom. The number of amides is 4. The van der Waals surface area contributed by atoms with E-state index in [1.165, 1.54) is 21.9 Å². The SMILES string of the molecule is CC(=O)NC1C(O)CC(OCC2OC(Oc3cc4c(c5ccccc35)[C@H](CCl)CN4C(=O)CCCC(=O)N3C[C@@H](CCl)c4c3cc(OC3OC(CO[C@@]5(C(=O)O)CC(O)C(NC(C)=O)C(C(O)C(O)CN=[N+]=[N-])O5)C(O)C(O)C3O)c3ccccc43)C(O)C(O)C2O)(C(=O)O)OC1C(O)C(O)CO. The summed E-state index contributed by atoms with van der Waals surface area (Å²) in [5.41, 5.74) is 10.7. The monoisotopic (exact) mass is 1490 g/mol. The van der Waals surface area contributed by atoms with Crippen LogP contribution in [0, 0.1) is 0 Å². The predicted molar refractivity (Wildman–Crippen MR) is 352 cm³/mol. The molecule has 4 saturated heterocycles. The molecule has 4 aromatic rings. The molecule has 0 bridgehead atoms. The molecule has 21 unspecified atom stereocenters. The van der Waals surface area contributed by atoms with E-state index in [9.17, 15) is 105 Å². The van der Waals surface area contributed by atoms with Gasteiger partial charge in [-0.05, 0) is 33.9 Å². The van der Waals surface area contributed by atoms with Crippen LogP contribution < -0.4 is 29.9 Å². The standard InChI is InChI=1S/C65H81Cl2N7O29/c1-26(76)70-48-36(78)16-64(62(92)93,102-58(48)50(84)38(80)20-69-72-68)96-24-42-52(86)54(88)56(90)60(100-42)98-40-14-34-46(32-10-5-3-8-30(32)40)28(18-66)21-73(34)44(82)12-7-13-45(83)74-22-29(19-67)47-33-11-6-4-9-31(33)41(15-35(47)74)99-61-57(91)55(89)53(87)43(101-61)25-97-65(63(94)95)17-37(79)49(71-27(2)77)59(103-65)51(85)39(81)23-75/h3-6,8-11,14-15,28-29,36-39,42-43,48-61,75,78-81,84-91H,7,12-13,16-25H2,1-2H3,(H,70,76)(H,71,77)(H,92,93)(H,94,95)/t28-,29-,36?,37?,38?,39?,42?,43?,48?,49?,50?,51?,52?,53?,54?,55?,56?,57?,58?,59?,60?,61?,64+,65?/m1/s1. The number of carboxylic acid groups (broad SMARTS) is 2. The van der Waals surface area contributed by atoms with E-state index in [0.29, 0.717) is 44.0 Å². The third-order valence-corrected chi connectivity index (χ3v) is 20.1. The topological polar surface area (TPSA) is 559 Å². The highest BCUT2D eigenvalue weighted by atomic mass is 35.5. The van der Waals surface area contributed by atoms with Crippen LogP contribution in [0.5, 0.6) is 11.5 Å². The average Bonchev–Trinajstić information content (AvgIpc) is 1.55. The number of fused-ring (bicyclic) bond motifs is 6. The Balaban J connectivity index is 0.841. The molecule has 24 atom stereocenters. The molecule has 38 heteroatoms. The quantitative estimate of drug-likeness (QED) is 0.0124. The number of nitrogens with one attached hydrogen (secondary N) is 2. The fourth-order valence-corrected chi connectivity index (χ4v) is 14.6. The number of hydrogen-bond donors (Lipinski definition) is 17. The van der Waals surface area contributed by atoms with Gasteiger partial charge in [-0.3, -0.25) is 19.2 Å². The van der Waals surface area contributed by atoms with Crippen molar-refractivity contribution < 1.29 is 143 Å². The minimum atomic E-state index is -2.91. The van der Waals surface area contributed by atoms with E-state index < -0.39 is 221 Å². The lowest BCUT2D eigenvalue weighted by Gasteiger charge is -2.47. The maximum atomic E-state index is 14.6. The lowest BCUT2D eigenvalue weighted by Crippen LogP contribution is -2.68. The summed E-state index contributed by atoms with van der Waals surface area (Å²) in [7, 11) is 0. The van der Waals surface area contributed by atoms with Gasteiger partial charge in [-0.15, -0.1) is 23.2 Å². The lowest BCUT2D eigenvalue weighted by molar-refractivity contribution is -0.332. The first kappa shape index (κ1) is 78.5. The molecule has 0 aliphatic carbocycles. The number of azide groups is 1. The number of rotatable bonds is 27. The normalized spacial score (nSPS) is 33.2. The summed E-state index contributed by atoms with van der Waals surface area (Å²) >= 11 is 13.2. The Morgan fingerprint density at radius 3 is 1.36 bits per heavy atom. The molecule has 17 N–H and O–H groups in total. The highest BCUT2D eigenvalue weighted by Crippen LogP contribution is 2.49. The second kappa shape index (κ2) is 32.8. The smallest absolute Gasteiger partial charge is 0.364 e. The second-order valence-electron chi connectivity index (χ2n) is 26.1. The van der Waals surface area contributed by atoms with Gasteiger partial charge in [0.15, 0.2) is 0 Å². The van der Waals surface area contributed by atoms with Crippen molar-refractivity contribution in [1.29, 1.82) is 0 Å². The first-order chi connectivity index (χ1) is 48.9. The molecule has 564 valence electrons. The van der Waals surface area contributed by atoms with E-state index in [1.54, 1.807) is 48.5 Å². The molecular formula is C65H81Cl2N7O29. The van der Waals surface area contributed by atoms with Gasteiger partial charge in [0, 0.05) is 104 Å². The Kier molecular flexibility index (Phi) is 25.0. The van der Waals surface area contributed by atoms with Crippen molar-refractivity contribution in [2.24, 2.45) is 5.11 Å². The number of aliphatic carboxylic acids is 2. The first-order valence-electron chi connectivity index (χ1n) is 32.8. The van der Waals surface area contributed by atoms with Crippen LogP contribution >= 0.6 is 23.2 Å². The van der Waals surface area contributed by atoms with Crippen LogP contribution in [0.3, 0.4) is 0 Å². The first-order valence-corrected chi connectivity index (χ1v) is 33.9. The molecule has 6 heterocycles. The summed E-state index contributed by atoms with van der Waals surface area (Å²) in [6, 6.07) is 13.4. The van der Waals surface area contributed by atoms with Crippen LogP contribution in [0.1, 0.15) is 68.9 Å². The van der Waals surface area contributed by atoms with Gasteiger partial charge in [-0.2, -0.15) is 0 Å². The summed E-state index contributed by atoms with van der Waals surface area (Å²) in [5, 5.41) is 173. The third kappa shape index (κ3) is 15.9. The number of anilines is 2. The molecule has 36 nitrogen and oxygen atoms in total. The number of alkyl halides is 2. The Hall–Kier alpha value is -7.05. The highest BCUT2D eigenvalue weighted by molar-refractivity contribution is 6.19. The zero-order valence-corrected chi connectivity index (χ0v) is 56.6. The van der Waals surface area contributed by atoms with Crippen molar-refractivity contribution >= 4 is 91.7 Å². The van der Waals surface area contributed by atoms with Gasteiger partial charge in [0.1, 0.15) is 90.9 Å². The molecule has 103 heavy (non-hydrogen) atoms. The molecule has 0 spiro atoms. The number of ether oxygens (including phenoxy) is 8. The number of aliphatic hydroxyl groups is 13. The zero-order valence-electron chi connectivity index (χ0n) is 55.1. The minimum Gasteiger partial charge on any atom is -0.477 e. The Bertz CT molecular complexity index is 3830. The summed E-state index contributed by atoms with van der Waals surface area (Å²) < 4.78 is 47.4. The van der Waals surface area contributed by atoms with Crippen molar-refractivity contribution in [2.75, 3.05) is 61.0 Å². The van der Waals surface area contributed by atoms with Crippen LogP contribution in [-0.4, -0.2) is 297 Å². The van der Waals surface area contributed by atoms with Gasteiger partial charge in [0.05, 0.1) is 68.1 Å². The molecule has 6 aliphatic heterocycles. The molecule has 0 saturated carbocycles. The minimum absolute atomic E-state index is 0.0174. The van der Waals surface area contributed by atoms with Gasteiger partial charge in [-0.25, -0.2) is 9.59 Å². The van der Waals surface area contributed by atoms with Crippen molar-refractivity contribution in [3.63, 3.8) is 0 Å². The Morgan fingerprint density at radius 2 is 1.00 bits per heavy atom. The Labute approximate surface area is 594 Å². The summed E-state index contributed by atoms with van der Waals surface area (Å²) in [6.45, 7) is -1.51. The molecular weight excluding hydrogens is 1410 g/mol. The van der Waals surface area contributed by atoms with Gasteiger partial charge in [0.2, 0.25) is 36.2 Å². The number of carbonyl (C=O) groups is 6. The zero-order chi connectivity index (χ0) is 74.8. The maximum Gasteiger partial charge on any atom is 0.364 e. The van der Waals surface area contributed by atoms with Crippen LogP contribution in [0.25, 0.3) is 32.0 Å². The van der Waals surface area contributed by atoms with Gasteiger partial charge in [-0.1, -0.05) is 53.6 Å². The van der Waals surface area contributed by atoms with E-state index in [2.05, 4.69) is 20.7 Å². The number of carboxylic acids is 2. The molecule has 0 aromatic heterocycles. The molecule has 6 aliphatic rings.